The van der Waals surface area contributed by atoms with Crippen molar-refractivity contribution in [2.75, 3.05) is 0 Å². The van der Waals surface area contributed by atoms with Crippen molar-refractivity contribution in [2.45, 2.75) is 73.1 Å². The minimum Gasteiger partial charge on any atom is -0.465 e. The van der Waals surface area contributed by atoms with Crippen LogP contribution in [0, 0.1) is 19.8 Å². The monoisotopic (exact) mass is 406 g/mol. The highest BCUT2D eigenvalue weighted by Gasteiger charge is 2.23. The second-order valence-electron chi connectivity index (χ2n) is 8.23. The Hall–Kier alpha value is -2.62. The summed E-state index contributed by atoms with van der Waals surface area (Å²) in [6.45, 7) is 10.4. The molecule has 4 nitrogen and oxygen atoms in total. The molecule has 3 rings (SSSR count). The molecule has 160 valence electrons. The first-order valence-electron chi connectivity index (χ1n) is 11.2. The number of carbonyl (C=O) groups is 1. The molecule has 0 saturated carbocycles. The summed E-state index contributed by atoms with van der Waals surface area (Å²) in [5.41, 5.74) is 6.07. The number of rotatable bonds is 7. The molecule has 1 aliphatic carbocycles. The highest BCUT2D eigenvalue weighted by atomic mass is 16.3. The summed E-state index contributed by atoms with van der Waals surface area (Å²) >= 11 is 0. The van der Waals surface area contributed by atoms with E-state index < -0.39 is 0 Å². The van der Waals surface area contributed by atoms with E-state index in [4.69, 9.17) is 9.41 Å². The third-order valence-corrected chi connectivity index (χ3v) is 6.12. The van der Waals surface area contributed by atoms with Gasteiger partial charge in [0.1, 0.15) is 11.5 Å². The molecule has 1 amide bonds. The second kappa shape index (κ2) is 9.92. The molecular formula is C26H34N2O2. The lowest BCUT2D eigenvalue weighted by Crippen LogP contribution is -2.26. The van der Waals surface area contributed by atoms with Crippen molar-refractivity contribution in [2.24, 2.45) is 10.9 Å². The molecule has 0 saturated heterocycles. The predicted molar refractivity (Wildman–Crippen MR) is 123 cm³/mol. The van der Waals surface area contributed by atoms with Crippen molar-refractivity contribution < 1.29 is 9.21 Å². The van der Waals surface area contributed by atoms with Crippen molar-refractivity contribution in [3.05, 3.63) is 69.9 Å². The van der Waals surface area contributed by atoms with Crippen LogP contribution < -0.4 is 5.32 Å². The number of nitrogens with one attached hydrogen (secondary N) is 1. The van der Waals surface area contributed by atoms with E-state index in [2.05, 4.69) is 26.1 Å². The number of carbonyl (C=O) groups excluding carboxylic acids is 1. The molecule has 1 unspecified atom stereocenters. The van der Waals surface area contributed by atoms with Gasteiger partial charge in [-0.15, -0.1) is 0 Å². The van der Waals surface area contributed by atoms with Gasteiger partial charge in [-0.25, -0.2) is 0 Å². The molecule has 0 aliphatic heterocycles. The second-order valence-corrected chi connectivity index (χ2v) is 8.23. The normalized spacial score (nSPS) is 15.6. The number of furan rings is 1. The van der Waals surface area contributed by atoms with Crippen LogP contribution in [0.25, 0.3) is 0 Å². The largest absolute Gasteiger partial charge is 0.465 e. The summed E-state index contributed by atoms with van der Waals surface area (Å²) in [6, 6.07) is 7.66. The maximum atomic E-state index is 12.9. The van der Waals surface area contributed by atoms with Gasteiger partial charge in [-0.1, -0.05) is 39.0 Å². The van der Waals surface area contributed by atoms with Gasteiger partial charge < -0.3 is 9.73 Å². The molecule has 0 radical (unpaired) electrons. The molecule has 0 fully saturated rings. The van der Waals surface area contributed by atoms with E-state index in [1.54, 1.807) is 0 Å². The summed E-state index contributed by atoms with van der Waals surface area (Å²) in [5.74, 6) is 2.22. The van der Waals surface area contributed by atoms with E-state index in [0.717, 1.165) is 54.2 Å². The lowest BCUT2D eigenvalue weighted by Gasteiger charge is -2.16. The lowest BCUT2D eigenvalue weighted by atomic mass is 9.92. The van der Waals surface area contributed by atoms with E-state index in [1.807, 2.05) is 44.3 Å². The van der Waals surface area contributed by atoms with Gasteiger partial charge in [-0.2, -0.15) is 0 Å². The zero-order chi connectivity index (χ0) is 21.7. The van der Waals surface area contributed by atoms with Crippen LogP contribution in [0.3, 0.4) is 0 Å². The molecule has 0 bridgehead atoms. The smallest absolute Gasteiger partial charge is 0.255 e. The molecule has 1 aliphatic rings. The van der Waals surface area contributed by atoms with E-state index in [1.165, 1.54) is 24.0 Å². The topological polar surface area (TPSA) is 54.6 Å². The highest BCUT2D eigenvalue weighted by molar-refractivity contribution is 6.03. The van der Waals surface area contributed by atoms with Gasteiger partial charge in [0.05, 0.1) is 5.71 Å². The summed E-state index contributed by atoms with van der Waals surface area (Å²) in [4.78, 5) is 17.7. The Balaban J connectivity index is 1.93. The van der Waals surface area contributed by atoms with Gasteiger partial charge in [0.2, 0.25) is 0 Å². The number of hydrogen-bond donors (Lipinski definition) is 1. The molecule has 1 N–H and O–H groups in total. The van der Waals surface area contributed by atoms with Crippen molar-refractivity contribution in [1.29, 1.82) is 0 Å². The van der Waals surface area contributed by atoms with E-state index in [0.29, 0.717) is 5.56 Å². The molecule has 1 aromatic heterocycles. The van der Waals surface area contributed by atoms with Crippen molar-refractivity contribution in [1.82, 2.24) is 5.32 Å². The van der Waals surface area contributed by atoms with E-state index >= 15 is 0 Å². The Morgan fingerprint density at radius 3 is 2.63 bits per heavy atom. The maximum Gasteiger partial charge on any atom is 0.255 e. The zero-order valence-corrected chi connectivity index (χ0v) is 19.0. The van der Waals surface area contributed by atoms with Crippen molar-refractivity contribution in [3.8, 4) is 0 Å². The quantitative estimate of drug-likeness (QED) is 0.549. The SMILES string of the molecule is CCC(=N/C=C(/NC(=O)c1ccccc1C)C(C)CC)c1c(C)oc2c1CCCC2. The Labute approximate surface area is 180 Å². The number of fused-ring (bicyclic) bond motifs is 1. The first kappa shape index (κ1) is 22.1. The Morgan fingerprint density at radius 2 is 1.93 bits per heavy atom. The fourth-order valence-electron chi connectivity index (χ4n) is 4.09. The number of nitrogens with zero attached hydrogens (tertiary/aromatic N) is 1. The van der Waals surface area contributed by atoms with Crippen LogP contribution >= 0.6 is 0 Å². The molecule has 0 spiro atoms. The van der Waals surface area contributed by atoms with Gasteiger partial charge in [-0.05, 0) is 63.5 Å². The number of aliphatic imine (C=N–C) groups is 1. The Morgan fingerprint density at radius 1 is 1.20 bits per heavy atom. The number of allylic oxidation sites excluding steroid dienone is 1. The zero-order valence-electron chi connectivity index (χ0n) is 19.0. The number of amides is 1. The summed E-state index contributed by atoms with van der Waals surface area (Å²) in [7, 11) is 0. The number of benzene rings is 1. The third-order valence-electron chi connectivity index (χ3n) is 6.12. The average Bonchev–Trinajstić information content (AvgIpc) is 3.08. The molecule has 30 heavy (non-hydrogen) atoms. The summed E-state index contributed by atoms with van der Waals surface area (Å²) in [6.07, 6.45) is 8.09. The van der Waals surface area contributed by atoms with E-state index in [9.17, 15) is 4.79 Å². The molecule has 2 aromatic rings. The minimum absolute atomic E-state index is 0.0789. The van der Waals surface area contributed by atoms with Crippen LogP contribution in [0.2, 0.25) is 0 Å². The maximum absolute atomic E-state index is 12.9. The standard InChI is InChI=1S/C26H34N2O2/c1-6-17(3)23(28-26(29)20-13-9-8-12-18(20)4)16-27-22(7-2)25-19(5)30-24-15-11-10-14-21(24)25/h8-9,12-13,16-17H,6-7,10-11,14-15H2,1-5H3,(H,28,29)/b23-16+,27-22?. The third kappa shape index (κ3) is 4.75. The van der Waals surface area contributed by atoms with Crippen molar-refractivity contribution >= 4 is 11.6 Å². The van der Waals surface area contributed by atoms with Crippen molar-refractivity contribution in [3.63, 3.8) is 0 Å². The molecule has 4 heteroatoms. The fraction of sp³-hybridized carbons (Fsp3) is 0.462. The lowest BCUT2D eigenvalue weighted by molar-refractivity contribution is 0.0961. The molecule has 1 aromatic carbocycles. The molecule has 1 atom stereocenters. The minimum atomic E-state index is -0.0789. The first-order valence-corrected chi connectivity index (χ1v) is 11.2. The summed E-state index contributed by atoms with van der Waals surface area (Å²) < 4.78 is 6.06. The number of hydrogen-bond acceptors (Lipinski definition) is 3. The van der Waals surface area contributed by atoms with Gasteiger partial charge in [0.15, 0.2) is 0 Å². The van der Waals surface area contributed by atoms with Gasteiger partial charge in [0.25, 0.3) is 5.91 Å². The van der Waals surface area contributed by atoms with Crippen LogP contribution in [0.15, 0.2) is 45.6 Å². The number of aryl methyl sites for hydroxylation is 3. The van der Waals surface area contributed by atoms with Crippen LogP contribution in [0.1, 0.15) is 85.0 Å². The summed E-state index contributed by atoms with van der Waals surface area (Å²) in [5, 5.41) is 3.12. The Kier molecular flexibility index (Phi) is 7.30. The van der Waals surface area contributed by atoms with E-state index in [-0.39, 0.29) is 11.8 Å². The fourth-order valence-corrected chi connectivity index (χ4v) is 4.09. The van der Waals surface area contributed by atoms with Gasteiger partial charge in [-0.3, -0.25) is 9.79 Å². The van der Waals surface area contributed by atoms with Crippen LogP contribution in [0.5, 0.6) is 0 Å². The van der Waals surface area contributed by atoms with Gasteiger partial charge >= 0.3 is 0 Å². The Bertz CT molecular complexity index is 965. The van der Waals surface area contributed by atoms with Crippen LogP contribution in [-0.4, -0.2) is 11.6 Å². The highest BCUT2D eigenvalue weighted by Crippen LogP contribution is 2.31. The predicted octanol–water partition coefficient (Wildman–Crippen LogP) is 6.29. The van der Waals surface area contributed by atoms with Crippen LogP contribution in [-0.2, 0) is 12.8 Å². The average molecular weight is 407 g/mol. The van der Waals surface area contributed by atoms with Crippen LogP contribution in [0.4, 0.5) is 0 Å². The first-order chi connectivity index (χ1) is 14.5. The molecule has 1 heterocycles. The van der Waals surface area contributed by atoms with Gasteiger partial charge in [0, 0.05) is 35.0 Å². The molecular weight excluding hydrogens is 372 g/mol.